The van der Waals surface area contributed by atoms with Crippen molar-refractivity contribution >= 4 is 17.3 Å². The van der Waals surface area contributed by atoms with Crippen molar-refractivity contribution in [1.82, 2.24) is 4.98 Å². The fourth-order valence-corrected chi connectivity index (χ4v) is 2.59. The molecule has 0 unspecified atom stereocenters. The molecule has 1 aliphatic heterocycles. The lowest BCUT2D eigenvalue weighted by molar-refractivity contribution is -0.0410. The second-order valence-electron chi connectivity index (χ2n) is 6.05. The van der Waals surface area contributed by atoms with Crippen LogP contribution in [-0.4, -0.2) is 43.9 Å². The Balaban J connectivity index is 1.71. The second-order valence-corrected chi connectivity index (χ2v) is 6.05. The molecule has 0 aliphatic carbocycles. The van der Waals surface area contributed by atoms with Crippen LogP contribution in [0.1, 0.15) is 28.4 Å². The number of nitrogens with two attached hydrogens (primary N) is 1. The van der Waals surface area contributed by atoms with Crippen LogP contribution in [0.15, 0.2) is 22.8 Å². The molecule has 26 heavy (non-hydrogen) atoms. The maximum atomic E-state index is 11.9. The van der Waals surface area contributed by atoms with Crippen LogP contribution in [0.3, 0.4) is 0 Å². The number of carbonyl (C=O) groups excluding carboxylic acids is 1. The summed E-state index contributed by atoms with van der Waals surface area (Å²) in [5, 5.41) is 3.22. The lowest BCUT2D eigenvalue weighted by Gasteiger charge is -2.27. The standard InChI is InChI=1S/C18H23N3O5/c1-11-21-13(10-26-11)3-5-25-16-8-12(18(22)23-2)7-15(17(16)19)20-9-14-4-6-24-14/h7-8,10,14,20H,3-6,9,19H2,1-2H3/t14-/m0/s1. The molecule has 0 amide bonds. The van der Waals surface area contributed by atoms with E-state index in [9.17, 15) is 4.79 Å². The number of rotatable bonds is 8. The molecule has 1 saturated heterocycles. The van der Waals surface area contributed by atoms with Gasteiger partial charge in [0.05, 0.1) is 42.5 Å². The van der Waals surface area contributed by atoms with Crippen molar-refractivity contribution in [1.29, 1.82) is 0 Å². The van der Waals surface area contributed by atoms with Gasteiger partial charge < -0.3 is 29.7 Å². The average molecular weight is 361 g/mol. The topological polar surface area (TPSA) is 109 Å². The third-order valence-electron chi connectivity index (χ3n) is 4.16. The summed E-state index contributed by atoms with van der Waals surface area (Å²) in [6.45, 7) is 3.53. The maximum absolute atomic E-state index is 11.9. The highest BCUT2D eigenvalue weighted by Gasteiger charge is 2.20. The molecule has 1 aromatic heterocycles. The van der Waals surface area contributed by atoms with Crippen molar-refractivity contribution in [3.8, 4) is 5.75 Å². The van der Waals surface area contributed by atoms with Gasteiger partial charge in [-0.3, -0.25) is 0 Å². The Labute approximate surface area is 151 Å². The number of nitrogens with one attached hydrogen (secondary N) is 1. The number of anilines is 2. The Hall–Kier alpha value is -2.74. The predicted octanol–water partition coefficient (Wildman–Crippen LogP) is 2.17. The molecule has 140 valence electrons. The van der Waals surface area contributed by atoms with Gasteiger partial charge in [-0.1, -0.05) is 0 Å². The van der Waals surface area contributed by atoms with Gasteiger partial charge in [-0.15, -0.1) is 0 Å². The molecule has 0 spiro atoms. The third kappa shape index (κ3) is 4.26. The van der Waals surface area contributed by atoms with Gasteiger partial charge in [0.25, 0.3) is 0 Å². The molecule has 0 bridgehead atoms. The smallest absolute Gasteiger partial charge is 0.338 e. The van der Waals surface area contributed by atoms with E-state index in [1.165, 1.54) is 7.11 Å². The molecule has 1 aromatic carbocycles. The molecule has 0 saturated carbocycles. The van der Waals surface area contributed by atoms with Crippen LogP contribution in [0.5, 0.6) is 5.75 Å². The Morgan fingerprint density at radius 1 is 1.46 bits per heavy atom. The van der Waals surface area contributed by atoms with Crippen molar-refractivity contribution in [2.75, 3.05) is 37.9 Å². The molecule has 2 heterocycles. The molecule has 3 rings (SSSR count). The van der Waals surface area contributed by atoms with Crippen molar-refractivity contribution in [3.63, 3.8) is 0 Å². The Morgan fingerprint density at radius 3 is 2.88 bits per heavy atom. The van der Waals surface area contributed by atoms with E-state index in [1.807, 2.05) is 0 Å². The van der Waals surface area contributed by atoms with Crippen molar-refractivity contribution in [3.05, 3.63) is 35.5 Å². The third-order valence-corrected chi connectivity index (χ3v) is 4.16. The first kappa shape index (κ1) is 18.1. The van der Waals surface area contributed by atoms with Gasteiger partial charge in [0.1, 0.15) is 12.0 Å². The van der Waals surface area contributed by atoms with E-state index < -0.39 is 5.97 Å². The van der Waals surface area contributed by atoms with E-state index >= 15 is 0 Å². The molecule has 8 heteroatoms. The number of benzene rings is 1. The quantitative estimate of drug-likeness (QED) is 0.544. The molecule has 2 aromatic rings. The number of esters is 1. The van der Waals surface area contributed by atoms with Crippen molar-refractivity contribution < 1.29 is 23.4 Å². The minimum Gasteiger partial charge on any atom is -0.491 e. The summed E-state index contributed by atoms with van der Waals surface area (Å²) in [5.41, 5.74) is 8.43. The van der Waals surface area contributed by atoms with Gasteiger partial charge in [0.2, 0.25) is 0 Å². The number of ether oxygens (including phenoxy) is 3. The Morgan fingerprint density at radius 2 is 2.27 bits per heavy atom. The number of hydrogen-bond acceptors (Lipinski definition) is 8. The van der Waals surface area contributed by atoms with E-state index in [0.29, 0.717) is 48.2 Å². The van der Waals surface area contributed by atoms with Crippen LogP contribution in [0, 0.1) is 6.92 Å². The van der Waals surface area contributed by atoms with E-state index in [0.717, 1.165) is 18.7 Å². The molecule has 3 N–H and O–H groups in total. The van der Waals surface area contributed by atoms with E-state index in [1.54, 1.807) is 25.3 Å². The highest BCUT2D eigenvalue weighted by Crippen LogP contribution is 2.32. The fourth-order valence-electron chi connectivity index (χ4n) is 2.59. The first-order valence-corrected chi connectivity index (χ1v) is 8.48. The van der Waals surface area contributed by atoms with Gasteiger partial charge in [-0.25, -0.2) is 9.78 Å². The summed E-state index contributed by atoms with van der Waals surface area (Å²) in [4.78, 5) is 16.2. The molecule has 1 aliphatic rings. The lowest BCUT2D eigenvalue weighted by atomic mass is 10.1. The van der Waals surface area contributed by atoms with Gasteiger partial charge in [-0.2, -0.15) is 0 Å². The summed E-state index contributed by atoms with van der Waals surface area (Å²) >= 11 is 0. The number of methoxy groups -OCH3 is 1. The van der Waals surface area contributed by atoms with Gasteiger partial charge in [-0.05, 0) is 18.6 Å². The summed E-state index contributed by atoms with van der Waals surface area (Å²) in [6, 6.07) is 3.24. The lowest BCUT2D eigenvalue weighted by Crippen LogP contribution is -2.33. The van der Waals surface area contributed by atoms with Crippen LogP contribution < -0.4 is 15.8 Å². The number of carbonyl (C=O) groups is 1. The second kappa shape index (κ2) is 8.09. The maximum Gasteiger partial charge on any atom is 0.338 e. The van der Waals surface area contributed by atoms with Crippen LogP contribution in [-0.2, 0) is 15.9 Å². The Bertz CT molecular complexity index is 770. The van der Waals surface area contributed by atoms with Gasteiger partial charge >= 0.3 is 5.97 Å². The molecule has 1 fully saturated rings. The normalized spacial score (nSPS) is 16.0. The highest BCUT2D eigenvalue weighted by molar-refractivity contribution is 5.93. The minimum absolute atomic E-state index is 0.163. The van der Waals surface area contributed by atoms with E-state index in [4.69, 9.17) is 24.4 Å². The number of nitrogen functional groups attached to an aromatic ring is 1. The number of aryl methyl sites for hydroxylation is 1. The van der Waals surface area contributed by atoms with Crippen LogP contribution in [0.25, 0.3) is 0 Å². The molecular formula is C18H23N3O5. The fraction of sp³-hybridized carbons (Fsp3) is 0.444. The SMILES string of the molecule is COC(=O)c1cc(NC[C@@H]2CCO2)c(N)c(OCCc2coc(C)n2)c1. The van der Waals surface area contributed by atoms with Gasteiger partial charge in [0.15, 0.2) is 5.89 Å². The highest BCUT2D eigenvalue weighted by atomic mass is 16.5. The molecule has 0 radical (unpaired) electrons. The summed E-state index contributed by atoms with van der Waals surface area (Å²) < 4.78 is 21.2. The summed E-state index contributed by atoms with van der Waals surface area (Å²) in [6.07, 6.45) is 3.33. The average Bonchev–Trinajstić information content (AvgIpc) is 3.00. The first-order chi connectivity index (χ1) is 12.6. The molecule has 1 atom stereocenters. The van der Waals surface area contributed by atoms with E-state index in [-0.39, 0.29) is 6.10 Å². The zero-order valence-electron chi connectivity index (χ0n) is 14.9. The first-order valence-electron chi connectivity index (χ1n) is 8.48. The van der Waals surface area contributed by atoms with Crippen molar-refractivity contribution in [2.45, 2.75) is 25.9 Å². The van der Waals surface area contributed by atoms with E-state index in [2.05, 4.69) is 10.3 Å². The molecular weight excluding hydrogens is 338 g/mol. The monoisotopic (exact) mass is 361 g/mol. The predicted molar refractivity (Wildman–Crippen MR) is 95.5 cm³/mol. The van der Waals surface area contributed by atoms with Crippen LogP contribution in [0.4, 0.5) is 11.4 Å². The summed E-state index contributed by atoms with van der Waals surface area (Å²) in [5.74, 6) is 0.576. The minimum atomic E-state index is -0.454. The number of hydrogen-bond donors (Lipinski definition) is 2. The van der Waals surface area contributed by atoms with Crippen molar-refractivity contribution in [2.24, 2.45) is 0 Å². The van der Waals surface area contributed by atoms with Crippen LogP contribution >= 0.6 is 0 Å². The number of nitrogens with zero attached hydrogens (tertiary/aromatic N) is 1. The largest absolute Gasteiger partial charge is 0.491 e. The Kier molecular flexibility index (Phi) is 5.62. The zero-order chi connectivity index (χ0) is 18.5. The number of aromatic nitrogens is 1. The molecule has 8 nitrogen and oxygen atoms in total. The van der Waals surface area contributed by atoms with Crippen LogP contribution in [0.2, 0.25) is 0 Å². The summed E-state index contributed by atoms with van der Waals surface area (Å²) in [7, 11) is 1.33. The van der Waals surface area contributed by atoms with Gasteiger partial charge in [0, 0.05) is 26.5 Å². The number of oxazole rings is 1. The zero-order valence-corrected chi connectivity index (χ0v) is 14.9.